The molecule has 1 N–H and O–H groups in total. The second kappa shape index (κ2) is 7.41. The van der Waals surface area contributed by atoms with E-state index in [4.69, 9.17) is 4.74 Å². The van der Waals surface area contributed by atoms with Gasteiger partial charge in [0.25, 0.3) is 0 Å². The summed E-state index contributed by atoms with van der Waals surface area (Å²) in [7, 11) is 1.84. The fourth-order valence-electron chi connectivity index (χ4n) is 3.05. The molecule has 0 aromatic heterocycles. The van der Waals surface area contributed by atoms with Gasteiger partial charge < -0.3 is 15.0 Å². The lowest BCUT2D eigenvalue weighted by molar-refractivity contribution is -0.150. The van der Waals surface area contributed by atoms with E-state index in [0.29, 0.717) is 12.0 Å². The maximum Gasteiger partial charge on any atom is 0.326 e. The molecule has 118 valence electrons. The molecule has 1 heterocycles. The summed E-state index contributed by atoms with van der Waals surface area (Å²) in [6.07, 6.45) is 4.59. The Kier molecular flexibility index (Phi) is 6.46. The highest BCUT2D eigenvalue weighted by Gasteiger charge is 2.37. The number of nitrogens with zero attached hydrogens (tertiary/aromatic N) is 1. The monoisotopic (exact) mass is 284 g/mol. The molecule has 1 saturated heterocycles. The fraction of sp³-hybridized carbons (Fsp3) is 0.938. The summed E-state index contributed by atoms with van der Waals surface area (Å²) in [6.45, 7) is 12.1. The van der Waals surface area contributed by atoms with Crippen LogP contribution in [0, 0.1) is 5.41 Å². The lowest BCUT2D eigenvalue weighted by Crippen LogP contribution is -2.50. The van der Waals surface area contributed by atoms with Crippen LogP contribution in [0.4, 0.5) is 0 Å². The van der Waals surface area contributed by atoms with Crippen molar-refractivity contribution in [1.82, 2.24) is 10.2 Å². The molecule has 0 amide bonds. The Bertz CT molecular complexity index is 316. The topological polar surface area (TPSA) is 41.6 Å². The number of carbonyl (C=O) groups excluding carboxylic acids is 1. The van der Waals surface area contributed by atoms with Crippen LogP contribution in [0.25, 0.3) is 0 Å². The third-order valence-corrected chi connectivity index (χ3v) is 5.22. The first-order valence-corrected chi connectivity index (χ1v) is 8.03. The van der Waals surface area contributed by atoms with Crippen molar-refractivity contribution in [3.8, 4) is 0 Å². The number of ether oxygens (including phenoxy) is 1. The van der Waals surface area contributed by atoms with Gasteiger partial charge in [0.05, 0.1) is 6.61 Å². The average molecular weight is 284 g/mol. The summed E-state index contributed by atoms with van der Waals surface area (Å²) in [4.78, 5) is 14.5. The zero-order chi connectivity index (χ0) is 15.2. The summed E-state index contributed by atoms with van der Waals surface area (Å²) < 4.78 is 5.18. The summed E-state index contributed by atoms with van der Waals surface area (Å²) in [5, 5.41) is 3.13. The van der Waals surface area contributed by atoms with E-state index in [2.05, 4.69) is 24.1 Å². The Morgan fingerprint density at radius 2 is 2.00 bits per heavy atom. The lowest BCUT2D eigenvalue weighted by Gasteiger charge is -2.30. The minimum absolute atomic E-state index is 0.140. The van der Waals surface area contributed by atoms with Crippen LogP contribution in [-0.2, 0) is 9.53 Å². The SMILES string of the molecule is CCOC(=O)C(C)(CCN1CCC(CC)(CC)C1)NC. The Balaban J connectivity index is 2.52. The molecule has 0 aromatic carbocycles. The molecule has 0 aromatic rings. The zero-order valence-corrected chi connectivity index (χ0v) is 13.9. The largest absolute Gasteiger partial charge is 0.465 e. The molecule has 1 fully saturated rings. The van der Waals surface area contributed by atoms with Gasteiger partial charge >= 0.3 is 5.97 Å². The van der Waals surface area contributed by atoms with E-state index in [9.17, 15) is 4.79 Å². The van der Waals surface area contributed by atoms with Crippen molar-refractivity contribution in [2.75, 3.05) is 33.3 Å². The molecule has 0 aliphatic carbocycles. The third kappa shape index (κ3) is 3.95. The minimum Gasteiger partial charge on any atom is -0.465 e. The van der Waals surface area contributed by atoms with Gasteiger partial charge in [0.2, 0.25) is 0 Å². The highest BCUT2D eigenvalue weighted by Crippen LogP contribution is 2.37. The van der Waals surface area contributed by atoms with Gasteiger partial charge in [-0.2, -0.15) is 0 Å². The van der Waals surface area contributed by atoms with Gasteiger partial charge in [-0.1, -0.05) is 13.8 Å². The molecule has 1 atom stereocenters. The van der Waals surface area contributed by atoms with Crippen molar-refractivity contribution < 1.29 is 9.53 Å². The minimum atomic E-state index is -0.570. The highest BCUT2D eigenvalue weighted by molar-refractivity contribution is 5.80. The van der Waals surface area contributed by atoms with Crippen molar-refractivity contribution in [2.24, 2.45) is 5.41 Å². The lowest BCUT2D eigenvalue weighted by atomic mass is 9.82. The molecule has 0 spiro atoms. The molecule has 4 nitrogen and oxygen atoms in total. The van der Waals surface area contributed by atoms with Crippen molar-refractivity contribution in [3.05, 3.63) is 0 Å². The van der Waals surface area contributed by atoms with Crippen LogP contribution >= 0.6 is 0 Å². The Morgan fingerprint density at radius 3 is 2.45 bits per heavy atom. The van der Waals surface area contributed by atoms with Crippen molar-refractivity contribution in [2.45, 2.75) is 58.9 Å². The molecule has 1 aliphatic heterocycles. The molecular weight excluding hydrogens is 252 g/mol. The number of esters is 1. The van der Waals surface area contributed by atoms with E-state index in [0.717, 1.165) is 19.5 Å². The van der Waals surface area contributed by atoms with Gasteiger partial charge in [0.15, 0.2) is 0 Å². The van der Waals surface area contributed by atoms with Crippen LogP contribution in [0.15, 0.2) is 0 Å². The van der Waals surface area contributed by atoms with Gasteiger partial charge in [0, 0.05) is 13.1 Å². The number of rotatable bonds is 8. The molecule has 20 heavy (non-hydrogen) atoms. The number of likely N-dealkylation sites (N-methyl/N-ethyl adjacent to an activating group) is 1. The smallest absolute Gasteiger partial charge is 0.326 e. The predicted octanol–water partition coefficient (Wildman–Crippen LogP) is 2.43. The van der Waals surface area contributed by atoms with E-state index >= 15 is 0 Å². The Hall–Kier alpha value is -0.610. The van der Waals surface area contributed by atoms with E-state index in [1.807, 2.05) is 20.9 Å². The fourth-order valence-corrected chi connectivity index (χ4v) is 3.05. The Morgan fingerprint density at radius 1 is 1.35 bits per heavy atom. The molecule has 1 unspecified atom stereocenters. The van der Waals surface area contributed by atoms with E-state index < -0.39 is 5.54 Å². The molecule has 1 aliphatic rings. The molecular formula is C16H32N2O2. The molecule has 1 rings (SSSR count). The molecule has 4 heteroatoms. The standard InChI is InChI=1S/C16H32N2O2/c1-6-16(7-2)10-12-18(13-16)11-9-15(4,17-5)14(19)20-8-3/h17H,6-13H2,1-5H3. The maximum absolute atomic E-state index is 12.0. The summed E-state index contributed by atoms with van der Waals surface area (Å²) >= 11 is 0. The summed E-state index contributed by atoms with van der Waals surface area (Å²) in [5.41, 5.74) is -0.0698. The first-order valence-electron chi connectivity index (χ1n) is 8.03. The van der Waals surface area contributed by atoms with Gasteiger partial charge in [0.1, 0.15) is 5.54 Å². The van der Waals surface area contributed by atoms with Gasteiger partial charge in [-0.25, -0.2) is 0 Å². The quantitative estimate of drug-likeness (QED) is 0.695. The van der Waals surface area contributed by atoms with Crippen LogP contribution in [0.2, 0.25) is 0 Å². The van der Waals surface area contributed by atoms with Gasteiger partial charge in [-0.05, 0) is 58.5 Å². The number of hydrogen-bond acceptors (Lipinski definition) is 4. The predicted molar refractivity (Wildman–Crippen MR) is 82.8 cm³/mol. The number of nitrogens with one attached hydrogen (secondary N) is 1. The highest BCUT2D eigenvalue weighted by atomic mass is 16.5. The van der Waals surface area contributed by atoms with E-state index in [1.165, 1.54) is 25.8 Å². The first-order chi connectivity index (χ1) is 9.45. The second-order valence-corrected chi connectivity index (χ2v) is 6.29. The summed E-state index contributed by atoms with van der Waals surface area (Å²) in [5.74, 6) is -0.140. The normalized spacial score (nSPS) is 21.6. The van der Waals surface area contributed by atoms with Crippen molar-refractivity contribution in [1.29, 1.82) is 0 Å². The average Bonchev–Trinajstić information content (AvgIpc) is 2.89. The van der Waals surface area contributed by atoms with Crippen molar-refractivity contribution in [3.63, 3.8) is 0 Å². The van der Waals surface area contributed by atoms with Crippen molar-refractivity contribution >= 4 is 5.97 Å². The summed E-state index contributed by atoms with van der Waals surface area (Å²) in [6, 6.07) is 0. The molecule has 0 bridgehead atoms. The number of hydrogen-bond donors (Lipinski definition) is 1. The van der Waals surface area contributed by atoms with E-state index in [-0.39, 0.29) is 5.97 Å². The number of likely N-dealkylation sites (tertiary alicyclic amines) is 1. The zero-order valence-electron chi connectivity index (χ0n) is 13.9. The third-order valence-electron chi connectivity index (χ3n) is 5.22. The van der Waals surface area contributed by atoms with Crippen LogP contribution in [-0.4, -0.2) is 49.7 Å². The van der Waals surface area contributed by atoms with Crippen LogP contribution < -0.4 is 5.32 Å². The first kappa shape index (κ1) is 17.4. The number of carbonyl (C=O) groups is 1. The molecule has 0 saturated carbocycles. The van der Waals surface area contributed by atoms with E-state index in [1.54, 1.807) is 0 Å². The Labute approximate surface area is 124 Å². The van der Waals surface area contributed by atoms with Crippen LogP contribution in [0.5, 0.6) is 0 Å². The van der Waals surface area contributed by atoms with Crippen LogP contribution in [0.1, 0.15) is 53.4 Å². The van der Waals surface area contributed by atoms with Gasteiger partial charge in [-0.15, -0.1) is 0 Å². The molecule has 0 radical (unpaired) electrons. The van der Waals surface area contributed by atoms with Gasteiger partial charge in [-0.3, -0.25) is 4.79 Å². The maximum atomic E-state index is 12.0. The second-order valence-electron chi connectivity index (χ2n) is 6.29. The van der Waals surface area contributed by atoms with Crippen LogP contribution in [0.3, 0.4) is 0 Å².